The van der Waals surface area contributed by atoms with Crippen LogP contribution < -0.4 is 0 Å². The summed E-state index contributed by atoms with van der Waals surface area (Å²) in [5.41, 5.74) is 11.8. The summed E-state index contributed by atoms with van der Waals surface area (Å²) in [4.78, 5) is 0. The highest BCUT2D eigenvalue weighted by Gasteiger charge is 2.12. The monoisotopic (exact) mass is 424 g/mol. The molecule has 0 radical (unpaired) electrons. The van der Waals surface area contributed by atoms with Crippen LogP contribution in [-0.4, -0.2) is 0 Å². The maximum absolute atomic E-state index is 2.36. The smallest absolute Gasteiger partial charge is 0.00164 e. The third-order valence-electron chi connectivity index (χ3n) is 6.33. The lowest BCUT2D eigenvalue weighted by Gasteiger charge is -2.17. The van der Waals surface area contributed by atoms with Gasteiger partial charge < -0.3 is 0 Å². The van der Waals surface area contributed by atoms with E-state index in [4.69, 9.17) is 0 Å². The van der Waals surface area contributed by atoms with E-state index in [9.17, 15) is 0 Å². The molecule has 33 heavy (non-hydrogen) atoms. The predicted octanol–water partition coefficient (Wildman–Crippen LogP) is 8.84. The highest BCUT2D eigenvalue weighted by atomic mass is 14.2. The topological polar surface area (TPSA) is 0 Å². The average Bonchev–Trinajstić information content (AvgIpc) is 2.90. The second-order valence-corrected chi connectivity index (χ2v) is 8.49. The van der Waals surface area contributed by atoms with Crippen LogP contribution in [0.3, 0.4) is 0 Å². The largest absolute Gasteiger partial charge is 0.0622 e. The van der Waals surface area contributed by atoms with Crippen molar-refractivity contribution in [1.29, 1.82) is 0 Å². The van der Waals surface area contributed by atoms with E-state index in [-0.39, 0.29) is 0 Å². The predicted molar refractivity (Wildman–Crippen MR) is 141 cm³/mol. The van der Waals surface area contributed by atoms with Gasteiger partial charge in [0, 0.05) is 0 Å². The molecule has 0 amide bonds. The highest BCUT2D eigenvalue weighted by molar-refractivity contribution is 5.75. The van der Waals surface area contributed by atoms with Crippen molar-refractivity contribution in [3.8, 4) is 33.4 Å². The molecule has 0 aliphatic carbocycles. The quantitative estimate of drug-likeness (QED) is 0.255. The summed E-state index contributed by atoms with van der Waals surface area (Å²) in [5, 5.41) is 0. The summed E-state index contributed by atoms with van der Waals surface area (Å²) in [6.45, 7) is 2.25. The molecule has 0 aliphatic heterocycles. The van der Waals surface area contributed by atoms with Crippen molar-refractivity contribution in [2.24, 2.45) is 0 Å². The van der Waals surface area contributed by atoms with Gasteiger partial charge in [0.15, 0.2) is 0 Å². The minimum atomic E-state index is 0.911. The fraction of sp³-hybridized carbons (Fsp3) is 0.0909. The normalized spacial score (nSPS) is 10.8. The summed E-state index contributed by atoms with van der Waals surface area (Å²) in [6, 6.07) is 46.0. The summed E-state index contributed by atoms with van der Waals surface area (Å²) >= 11 is 0. The van der Waals surface area contributed by atoms with Crippen LogP contribution in [0.4, 0.5) is 0 Å². The first-order valence-corrected chi connectivity index (χ1v) is 11.7. The highest BCUT2D eigenvalue weighted by Crippen LogP contribution is 2.33. The summed E-state index contributed by atoms with van der Waals surface area (Å²) in [5.74, 6) is 0. The van der Waals surface area contributed by atoms with Crippen LogP contribution >= 0.6 is 0 Å². The second-order valence-electron chi connectivity index (χ2n) is 8.49. The number of benzene rings is 5. The zero-order valence-electron chi connectivity index (χ0n) is 19.0. The maximum atomic E-state index is 2.36. The van der Waals surface area contributed by atoms with Gasteiger partial charge >= 0.3 is 0 Å². The van der Waals surface area contributed by atoms with Gasteiger partial charge in [0.2, 0.25) is 0 Å². The van der Waals surface area contributed by atoms with Crippen LogP contribution in [0.25, 0.3) is 33.4 Å². The SMILES string of the molecule is CCc1cccc(-c2ccccc2)c1Cc1cc(-c2ccccc2)cc(-c2ccccc2)c1. The molecule has 0 nitrogen and oxygen atoms in total. The Balaban J connectivity index is 1.65. The van der Waals surface area contributed by atoms with E-state index in [0.29, 0.717) is 0 Å². The van der Waals surface area contributed by atoms with Crippen molar-refractivity contribution in [3.63, 3.8) is 0 Å². The van der Waals surface area contributed by atoms with Gasteiger partial charge in [-0.2, -0.15) is 0 Å². The Morgan fingerprint density at radius 3 is 1.48 bits per heavy atom. The molecule has 0 aliphatic rings. The van der Waals surface area contributed by atoms with Gasteiger partial charge in [-0.15, -0.1) is 0 Å². The first kappa shape index (κ1) is 21.0. The van der Waals surface area contributed by atoms with E-state index in [0.717, 1.165) is 12.8 Å². The molecule has 0 heterocycles. The summed E-state index contributed by atoms with van der Waals surface area (Å²) in [6.07, 6.45) is 1.94. The van der Waals surface area contributed by atoms with Crippen molar-refractivity contribution < 1.29 is 0 Å². The second kappa shape index (κ2) is 9.71. The summed E-state index contributed by atoms with van der Waals surface area (Å²) < 4.78 is 0. The van der Waals surface area contributed by atoms with E-state index in [1.54, 1.807) is 0 Å². The Morgan fingerprint density at radius 2 is 0.970 bits per heavy atom. The Kier molecular flexibility index (Phi) is 6.17. The summed E-state index contributed by atoms with van der Waals surface area (Å²) in [7, 11) is 0. The Morgan fingerprint density at radius 1 is 0.455 bits per heavy atom. The van der Waals surface area contributed by atoms with Gasteiger partial charge in [-0.1, -0.05) is 128 Å². The molecular formula is C33H28. The maximum Gasteiger partial charge on any atom is -0.00164 e. The lowest BCUT2D eigenvalue weighted by molar-refractivity contribution is 1.06. The van der Waals surface area contributed by atoms with Crippen LogP contribution in [0.15, 0.2) is 127 Å². The van der Waals surface area contributed by atoms with Crippen molar-refractivity contribution in [2.75, 3.05) is 0 Å². The molecule has 5 aromatic carbocycles. The molecule has 0 N–H and O–H groups in total. The molecule has 0 heteroatoms. The molecular weight excluding hydrogens is 396 g/mol. The Bertz CT molecular complexity index is 1280. The minimum absolute atomic E-state index is 0.911. The van der Waals surface area contributed by atoms with Crippen LogP contribution in [-0.2, 0) is 12.8 Å². The molecule has 0 saturated heterocycles. The van der Waals surface area contributed by atoms with Gasteiger partial charge in [-0.3, -0.25) is 0 Å². The van der Waals surface area contributed by atoms with Crippen molar-refractivity contribution in [1.82, 2.24) is 0 Å². The number of aryl methyl sites for hydroxylation is 1. The fourth-order valence-electron chi connectivity index (χ4n) is 4.66. The molecule has 0 saturated carbocycles. The minimum Gasteiger partial charge on any atom is -0.0622 e. The van der Waals surface area contributed by atoms with Gasteiger partial charge in [0.25, 0.3) is 0 Å². The molecule has 0 aromatic heterocycles. The van der Waals surface area contributed by atoms with Gasteiger partial charge in [0.05, 0.1) is 0 Å². The first-order chi connectivity index (χ1) is 16.3. The molecule has 160 valence electrons. The van der Waals surface area contributed by atoms with Crippen molar-refractivity contribution in [2.45, 2.75) is 19.8 Å². The van der Waals surface area contributed by atoms with E-state index < -0.39 is 0 Å². The standard InChI is InChI=1S/C33H28/c1-2-26-19-12-20-32(29-17-10-5-11-18-29)33(26)23-25-21-30(27-13-6-3-7-14-27)24-31(22-25)28-15-8-4-9-16-28/h3-22,24H,2,23H2,1H3. The van der Waals surface area contributed by atoms with E-state index in [1.165, 1.54) is 50.1 Å². The van der Waals surface area contributed by atoms with Crippen molar-refractivity contribution >= 4 is 0 Å². The van der Waals surface area contributed by atoms with Crippen LogP contribution in [0.1, 0.15) is 23.6 Å². The third kappa shape index (κ3) is 4.66. The molecule has 0 atom stereocenters. The molecule has 5 aromatic rings. The zero-order valence-corrected chi connectivity index (χ0v) is 19.0. The van der Waals surface area contributed by atoms with Gasteiger partial charge in [-0.05, 0) is 69.0 Å². The Labute approximate surface area is 197 Å². The van der Waals surface area contributed by atoms with Crippen LogP contribution in [0.5, 0.6) is 0 Å². The van der Waals surface area contributed by atoms with E-state index in [1.807, 2.05) is 0 Å². The van der Waals surface area contributed by atoms with Crippen LogP contribution in [0.2, 0.25) is 0 Å². The molecule has 5 rings (SSSR count). The third-order valence-corrected chi connectivity index (χ3v) is 6.33. The first-order valence-electron chi connectivity index (χ1n) is 11.7. The average molecular weight is 425 g/mol. The number of hydrogen-bond donors (Lipinski definition) is 0. The molecule has 0 bridgehead atoms. The lowest BCUT2D eigenvalue weighted by Crippen LogP contribution is -1.99. The van der Waals surface area contributed by atoms with Crippen LogP contribution in [0, 0.1) is 0 Å². The fourth-order valence-corrected chi connectivity index (χ4v) is 4.66. The van der Waals surface area contributed by atoms with Gasteiger partial charge in [-0.25, -0.2) is 0 Å². The lowest BCUT2D eigenvalue weighted by atomic mass is 9.88. The zero-order chi connectivity index (χ0) is 22.5. The molecule has 0 unspecified atom stereocenters. The van der Waals surface area contributed by atoms with Crippen molar-refractivity contribution in [3.05, 3.63) is 144 Å². The van der Waals surface area contributed by atoms with E-state index in [2.05, 4.69) is 134 Å². The van der Waals surface area contributed by atoms with Gasteiger partial charge in [0.1, 0.15) is 0 Å². The number of hydrogen-bond acceptors (Lipinski definition) is 0. The molecule has 0 fully saturated rings. The van der Waals surface area contributed by atoms with E-state index >= 15 is 0 Å². The number of rotatable bonds is 6. The molecule has 0 spiro atoms. The Hall–Kier alpha value is -3.90.